The summed E-state index contributed by atoms with van der Waals surface area (Å²) in [4.78, 5) is 0. The monoisotopic (exact) mass is 667 g/mol. The molecular weight excluding hydrogens is 620 g/mol. The van der Waals surface area contributed by atoms with Crippen molar-refractivity contribution in [1.82, 2.24) is 0 Å². The molecule has 0 saturated heterocycles. The van der Waals surface area contributed by atoms with Crippen LogP contribution in [0.3, 0.4) is 0 Å². The Morgan fingerprint density at radius 3 is 2.02 bits per heavy atom. The van der Waals surface area contributed by atoms with Crippen molar-refractivity contribution in [1.29, 1.82) is 0 Å². The van der Waals surface area contributed by atoms with Crippen molar-refractivity contribution >= 4 is 14.9 Å². The fourth-order valence-electron chi connectivity index (χ4n) is 7.59. The van der Waals surface area contributed by atoms with Gasteiger partial charge in [0, 0.05) is 0 Å². The van der Waals surface area contributed by atoms with E-state index in [0.29, 0.717) is 0 Å². The van der Waals surface area contributed by atoms with Crippen molar-refractivity contribution in [2.75, 3.05) is 0 Å². The molecule has 0 spiro atoms. The Hall–Kier alpha value is -2.89. The Labute approximate surface area is 287 Å². The zero-order valence-electron chi connectivity index (χ0n) is 28.1. The molecule has 0 radical (unpaired) electrons. The third-order valence-electron chi connectivity index (χ3n) is 9.68. The van der Waals surface area contributed by atoms with Gasteiger partial charge in [-0.1, -0.05) is 112 Å². The van der Waals surface area contributed by atoms with E-state index in [2.05, 4.69) is 138 Å². The second kappa shape index (κ2) is 15.6. The molecule has 1 atom stereocenters. The minimum atomic E-state index is 0.162. The van der Waals surface area contributed by atoms with Crippen LogP contribution >= 0.6 is 0 Å². The molecule has 0 nitrogen and oxygen atoms in total. The molecule has 3 aromatic carbocycles. The normalized spacial score (nSPS) is 18.0. The first-order valence-corrected chi connectivity index (χ1v) is 18.6. The molecule has 45 heavy (non-hydrogen) atoms. The van der Waals surface area contributed by atoms with Crippen LogP contribution in [0.5, 0.6) is 0 Å². The average molecular weight is 669 g/mol. The molecule has 0 heterocycles. The van der Waals surface area contributed by atoms with E-state index in [-0.39, 0.29) is 5.41 Å². The molecule has 3 aliphatic carbocycles. The molecule has 230 valence electrons. The van der Waals surface area contributed by atoms with Gasteiger partial charge in [0.2, 0.25) is 0 Å². The number of allylic oxidation sites excluding steroid dienone is 8. The van der Waals surface area contributed by atoms with Gasteiger partial charge in [0.25, 0.3) is 0 Å². The van der Waals surface area contributed by atoms with Gasteiger partial charge in [0.15, 0.2) is 0 Å². The molecule has 0 amide bonds. The van der Waals surface area contributed by atoms with Gasteiger partial charge < -0.3 is 0 Å². The standard InChI is InChI=1S/C31H39.C13H10.Zr/c1-6-13-24-18-22(9-4)19-25-20-28-27(29(24)25)21-26(14-7-2)31(10-5,17-8-3)30(28)23-15-11-12-16-23;1-3-7-12(8-4-1)11-13-9-5-2-6-10-13;/h11-12,15,18-19,21H,6-10,13-14,16-17H2,1-5H3;1-10H;/q-1;;. The van der Waals surface area contributed by atoms with E-state index in [9.17, 15) is 0 Å². The van der Waals surface area contributed by atoms with Crippen LogP contribution in [-0.2, 0) is 37.1 Å². The summed E-state index contributed by atoms with van der Waals surface area (Å²) in [5.41, 5.74) is 13.5. The van der Waals surface area contributed by atoms with Gasteiger partial charge in [-0.25, -0.2) is 0 Å². The van der Waals surface area contributed by atoms with E-state index in [1.54, 1.807) is 11.1 Å². The predicted octanol–water partition coefficient (Wildman–Crippen LogP) is 9.94. The molecule has 6 rings (SSSR count). The van der Waals surface area contributed by atoms with Crippen LogP contribution in [0.25, 0.3) is 11.6 Å². The number of hydrogen-bond acceptors (Lipinski definition) is 0. The fraction of sp³-hybridized carbons (Fsp3) is 0.341. The van der Waals surface area contributed by atoms with Gasteiger partial charge in [-0.05, 0) is 43.9 Å². The summed E-state index contributed by atoms with van der Waals surface area (Å²) in [7, 11) is 0. The van der Waals surface area contributed by atoms with Crippen LogP contribution in [0.2, 0.25) is 0 Å². The summed E-state index contributed by atoms with van der Waals surface area (Å²) in [6, 6.07) is 26.0. The Morgan fingerprint density at radius 2 is 1.49 bits per heavy atom. The predicted molar refractivity (Wildman–Crippen MR) is 191 cm³/mol. The molecule has 0 aromatic heterocycles. The van der Waals surface area contributed by atoms with Gasteiger partial charge in [-0.3, -0.25) is 0 Å². The van der Waals surface area contributed by atoms with Gasteiger partial charge in [0.1, 0.15) is 0 Å². The van der Waals surface area contributed by atoms with Crippen LogP contribution in [0.4, 0.5) is 0 Å². The van der Waals surface area contributed by atoms with Gasteiger partial charge in [0.05, 0.1) is 0 Å². The quantitative estimate of drug-likeness (QED) is 0.179. The molecular formula is C44H49Zr-. The Balaban J connectivity index is 0.000000238. The second-order valence-electron chi connectivity index (χ2n) is 12.6. The van der Waals surface area contributed by atoms with E-state index in [0.717, 1.165) is 19.3 Å². The average Bonchev–Trinajstić information content (AvgIpc) is 3.74. The molecule has 3 aliphatic rings. The van der Waals surface area contributed by atoms with E-state index in [1.807, 2.05) is 0 Å². The topological polar surface area (TPSA) is 0 Å². The maximum atomic E-state index is 3.98. The molecule has 1 heteroatoms. The summed E-state index contributed by atoms with van der Waals surface area (Å²) in [6.07, 6.45) is 24.1. The van der Waals surface area contributed by atoms with Crippen molar-refractivity contribution in [3.05, 3.63) is 152 Å². The molecule has 3 aromatic rings. The van der Waals surface area contributed by atoms with Crippen LogP contribution in [0.1, 0.15) is 102 Å². The first-order chi connectivity index (χ1) is 22.0. The summed E-state index contributed by atoms with van der Waals surface area (Å²) >= 11 is 1.46. The first kappa shape index (κ1) is 33.5. The van der Waals surface area contributed by atoms with Gasteiger partial charge >= 0.3 is 99.2 Å². The van der Waals surface area contributed by atoms with Crippen LogP contribution in [-0.4, -0.2) is 3.21 Å². The van der Waals surface area contributed by atoms with E-state index < -0.39 is 0 Å². The molecule has 0 saturated carbocycles. The molecule has 0 bridgehead atoms. The van der Waals surface area contributed by atoms with Crippen molar-refractivity contribution in [2.45, 2.75) is 92.4 Å². The van der Waals surface area contributed by atoms with Crippen LogP contribution < -0.4 is 10.4 Å². The van der Waals surface area contributed by atoms with Gasteiger partial charge in [-0.2, -0.15) is 0 Å². The van der Waals surface area contributed by atoms with Gasteiger partial charge in [-0.15, -0.1) is 33.7 Å². The van der Waals surface area contributed by atoms with Crippen LogP contribution in [0, 0.1) is 5.41 Å². The summed E-state index contributed by atoms with van der Waals surface area (Å²) < 4.78 is 1.42. The van der Waals surface area contributed by atoms with Crippen molar-refractivity contribution in [2.24, 2.45) is 5.41 Å². The van der Waals surface area contributed by atoms with E-state index in [4.69, 9.17) is 0 Å². The second-order valence-corrected chi connectivity index (χ2v) is 13.8. The first-order valence-electron chi connectivity index (χ1n) is 17.3. The van der Waals surface area contributed by atoms with Crippen molar-refractivity contribution in [3.63, 3.8) is 0 Å². The third-order valence-corrected chi connectivity index (χ3v) is 11.1. The summed E-state index contributed by atoms with van der Waals surface area (Å²) in [5.74, 6) is 0. The molecule has 0 aliphatic heterocycles. The SMILES string of the molecule is CCCC1=CC2=c3c(CCC)cc(CC)cc3=[C-]C2=C(C2=CC=CC2)C1(CC)CCC.[Zr]=[C](c1ccccc1)c1ccccc1. The number of aryl methyl sites for hydroxylation is 2. The summed E-state index contributed by atoms with van der Waals surface area (Å²) in [6.45, 7) is 11.7. The Morgan fingerprint density at radius 1 is 0.822 bits per heavy atom. The molecule has 1 unspecified atom stereocenters. The number of benzene rings is 3. The van der Waals surface area contributed by atoms with Crippen LogP contribution in [0.15, 0.2) is 119 Å². The fourth-order valence-corrected chi connectivity index (χ4v) is 8.41. The summed E-state index contributed by atoms with van der Waals surface area (Å²) in [5, 5.41) is 2.82. The Bertz CT molecular complexity index is 1720. The number of rotatable bonds is 11. The molecule has 0 N–H and O–H groups in total. The van der Waals surface area contributed by atoms with Crippen molar-refractivity contribution < 1.29 is 24.2 Å². The zero-order valence-corrected chi connectivity index (χ0v) is 30.6. The Kier molecular flexibility index (Phi) is 11.6. The van der Waals surface area contributed by atoms with Crippen molar-refractivity contribution in [3.8, 4) is 0 Å². The zero-order chi connectivity index (χ0) is 31.8. The third kappa shape index (κ3) is 6.95. The van der Waals surface area contributed by atoms with E-state index in [1.165, 1.54) is 115 Å². The number of hydrogen-bond donors (Lipinski definition) is 0. The number of fused-ring (bicyclic) bond motifs is 2. The minimum absolute atomic E-state index is 0.162. The molecule has 0 fully saturated rings. The maximum absolute atomic E-state index is 3.98. The van der Waals surface area contributed by atoms with E-state index >= 15 is 0 Å².